The van der Waals surface area contributed by atoms with Crippen molar-refractivity contribution in [3.63, 3.8) is 0 Å². The van der Waals surface area contributed by atoms with E-state index in [9.17, 15) is 0 Å². The number of hydrogen-bond acceptors (Lipinski definition) is 4. The lowest BCUT2D eigenvalue weighted by Gasteiger charge is -2.08. The largest absolute Gasteiger partial charge is 0.381 e. The molecule has 0 aliphatic rings. The van der Waals surface area contributed by atoms with Gasteiger partial charge in [-0.3, -0.25) is 0 Å². The predicted octanol–water partition coefficient (Wildman–Crippen LogP) is 7.06. The topological polar surface area (TPSA) is 36.9 Å². The molecule has 0 rings (SSSR count). The molecule has 4 heteroatoms. The maximum Gasteiger partial charge on any atom is 0.0647 e. The second kappa shape index (κ2) is 24.8. The maximum atomic E-state index is 5.51. The number of ether oxygens (including phenoxy) is 4. The number of rotatable bonds is 19. The van der Waals surface area contributed by atoms with Crippen LogP contribution in [0.1, 0.15) is 93.9 Å². The lowest BCUT2D eigenvalue weighted by molar-refractivity contribution is 0.0742. The van der Waals surface area contributed by atoms with Gasteiger partial charge in [0.2, 0.25) is 0 Å². The second-order valence-electron chi connectivity index (χ2n) is 9.27. The molecule has 182 valence electrons. The van der Waals surface area contributed by atoms with Crippen LogP contribution in [0.25, 0.3) is 0 Å². The van der Waals surface area contributed by atoms with Crippen molar-refractivity contribution in [2.24, 2.45) is 11.8 Å². The Hall–Kier alpha value is -0.420. The van der Waals surface area contributed by atoms with E-state index < -0.39 is 0 Å². The Labute approximate surface area is 189 Å². The Morgan fingerprint density at radius 3 is 1.57 bits per heavy atom. The zero-order valence-electron chi connectivity index (χ0n) is 21.6. The molecule has 0 aliphatic heterocycles. The van der Waals surface area contributed by atoms with Crippen LogP contribution < -0.4 is 0 Å². The summed E-state index contributed by atoms with van der Waals surface area (Å²) in [4.78, 5) is 0. The van der Waals surface area contributed by atoms with Crippen LogP contribution in [0, 0.1) is 11.8 Å². The lowest BCUT2D eigenvalue weighted by atomic mass is 10.2. The van der Waals surface area contributed by atoms with E-state index >= 15 is 0 Å². The van der Waals surface area contributed by atoms with Gasteiger partial charge in [-0.2, -0.15) is 0 Å². The van der Waals surface area contributed by atoms with Crippen molar-refractivity contribution in [1.82, 2.24) is 0 Å². The fraction of sp³-hybridized carbons (Fsp3) is 0.923. The quantitative estimate of drug-likeness (QED) is 0.162. The molecule has 0 radical (unpaired) electrons. The molecule has 0 amide bonds. The molecule has 0 N–H and O–H groups in total. The van der Waals surface area contributed by atoms with Gasteiger partial charge in [-0.25, -0.2) is 0 Å². The number of unbranched alkanes of at least 4 members (excludes halogenated alkanes) is 4. The van der Waals surface area contributed by atoms with Crippen LogP contribution in [0.5, 0.6) is 0 Å². The first-order valence-corrected chi connectivity index (χ1v) is 12.3. The van der Waals surface area contributed by atoms with Gasteiger partial charge in [0.1, 0.15) is 0 Å². The molecule has 0 aromatic rings. The molecule has 0 saturated carbocycles. The maximum absolute atomic E-state index is 5.51. The summed E-state index contributed by atoms with van der Waals surface area (Å²) in [5.41, 5.74) is 0. The van der Waals surface area contributed by atoms with Crippen LogP contribution in [0.15, 0.2) is 12.2 Å². The van der Waals surface area contributed by atoms with Crippen molar-refractivity contribution in [1.29, 1.82) is 0 Å². The van der Waals surface area contributed by atoms with Gasteiger partial charge in [0.25, 0.3) is 0 Å². The monoisotopic (exact) mass is 430 g/mol. The summed E-state index contributed by atoms with van der Waals surface area (Å²) in [5.74, 6) is 1.28. The Balaban J connectivity index is 0. The van der Waals surface area contributed by atoms with Gasteiger partial charge in [-0.1, -0.05) is 52.7 Å². The highest BCUT2D eigenvalue weighted by Gasteiger charge is 1.96. The molecular weight excluding hydrogens is 376 g/mol. The lowest BCUT2D eigenvalue weighted by Crippen LogP contribution is -2.04. The fourth-order valence-electron chi connectivity index (χ4n) is 2.38. The predicted molar refractivity (Wildman–Crippen MR) is 130 cm³/mol. The van der Waals surface area contributed by atoms with E-state index in [1.165, 1.54) is 25.7 Å². The van der Waals surface area contributed by atoms with Gasteiger partial charge in [-0.15, -0.1) is 0 Å². The SMILES string of the molecule is CC(C)COCC=CCCCOC(C)C.CC(C)COCCCCCCOC(C)C. The molecule has 0 atom stereocenters. The molecule has 4 nitrogen and oxygen atoms in total. The standard InChI is InChI=1S/C13H28O2.C13H26O2/c2*1-12(2)11-14-9-7-5-6-8-10-15-13(3)4/h12-13H,5-11H2,1-4H3;5,7,12-13H,6,8-11H2,1-4H3. The Bertz CT molecular complexity index is 324. The van der Waals surface area contributed by atoms with Crippen LogP contribution in [0.3, 0.4) is 0 Å². The first-order valence-electron chi connectivity index (χ1n) is 12.3. The smallest absolute Gasteiger partial charge is 0.0647 e. The van der Waals surface area contributed by atoms with Gasteiger partial charge < -0.3 is 18.9 Å². The third-order valence-electron chi connectivity index (χ3n) is 3.88. The van der Waals surface area contributed by atoms with Crippen LogP contribution in [-0.2, 0) is 18.9 Å². The molecule has 30 heavy (non-hydrogen) atoms. The van der Waals surface area contributed by atoms with E-state index in [-0.39, 0.29) is 0 Å². The minimum Gasteiger partial charge on any atom is -0.381 e. The Morgan fingerprint density at radius 2 is 1.03 bits per heavy atom. The van der Waals surface area contributed by atoms with Crippen molar-refractivity contribution >= 4 is 0 Å². The van der Waals surface area contributed by atoms with Crippen LogP contribution in [0.4, 0.5) is 0 Å². The average Bonchev–Trinajstić information content (AvgIpc) is 2.65. The van der Waals surface area contributed by atoms with Gasteiger partial charge in [-0.05, 0) is 65.2 Å². The van der Waals surface area contributed by atoms with E-state index in [1.54, 1.807) is 0 Å². The summed E-state index contributed by atoms with van der Waals surface area (Å²) < 4.78 is 21.8. The molecule has 0 saturated heterocycles. The van der Waals surface area contributed by atoms with Crippen LogP contribution in [-0.4, -0.2) is 51.8 Å². The summed E-state index contributed by atoms with van der Waals surface area (Å²) in [5, 5.41) is 0. The van der Waals surface area contributed by atoms with Crippen molar-refractivity contribution in [3.05, 3.63) is 12.2 Å². The third-order valence-corrected chi connectivity index (χ3v) is 3.88. The molecule has 0 aromatic carbocycles. The third kappa shape index (κ3) is 35.0. The van der Waals surface area contributed by atoms with Crippen molar-refractivity contribution in [3.8, 4) is 0 Å². The van der Waals surface area contributed by atoms with E-state index in [4.69, 9.17) is 18.9 Å². The first-order chi connectivity index (χ1) is 14.3. The first kappa shape index (κ1) is 31.8. The zero-order valence-corrected chi connectivity index (χ0v) is 21.6. The number of allylic oxidation sites excluding steroid dienone is 1. The zero-order chi connectivity index (χ0) is 23.0. The minimum atomic E-state index is 0.350. The summed E-state index contributed by atoms with van der Waals surface area (Å²) in [7, 11) is 0. The molecule has 0 aliphatic carbocycles. The van der Waals surface area contributed by atoms with Crippen LogP contribution >= 0.6 is 0 Å². The molecule has 0 unspecified atom stereocenters. The van der Waals surface area contributed by atoms with Gasteiger partial charge >= 0.3 is 0 Å². The molecule has 0 bridgehead atoms. The van der Waals surface area contributed by atoms with Crippen molar-refractivity contribution < 1.29 is 18.9 Å². The molecule has 0 aromatic heterocycles. The normalized spacial score (nSPS) is 11.9. The Morgan fingerprint density at radius 1 is 0.533 bits per heavy atom. The van der Waals surface area contributed by atoms with Gasteiger partial charge in [0, 0.05) is 33.0 Å². The van der Waals surface area contributed by atoms with Gasteiger partial charge in [0.05, 0.1) is 18.8 Å². The van der Waals surface area contributed by atoms with Crippen molar-refractivity contribution in [2.45, 2.75) is 106 Å². The molecular formula is C26H54O4. The van der Waals surface area contributed by atoms with Crippen LogP contribution in [0.2, 0.25) is 0 Å². The van der Waals surface area contributed by atoms with E-state index in [0.717, 1.165) is 52.5 Å². The van der Waals surface area contributed by atoms with E-state index in [0.29, 0.717) is 24.0 Å². The minimum absolute atomic E-state index is 0.350. The molecule has 0 spiro atoms. The summed E-state index contributed by atoms with van der Waals surface area (Å²) >= 11 is 0. The molecule has 0 fully saturated rings. The van der Waals surface area contributed by atoms with Gasteiger partial charge in [0.15, 0.2) is 0 Å². The highest BCUT2D eigenvalue weighted by molar-refractivity contribution is 4.81. The summed E-state index contributed by atoms with van der Waals surface area (Å²) in [6.45, 7) is 22.2. The fourth-order valence-corrected chi connectivity index (χ4v) is 2.38. The van der Waals surface area contributed by atoms with E-state index in [1.807, 2.05) is 0 Å². The molecule has 0 heterocycles. The van der Waals surface area contributed by atoms with Crippen molar-refractivity contribution in [2.75, 3.05) is 39.6 Å². The average molecular weight is 431 g/mol. The summed E-state index contributed by atoms with van der Waals surface area (Å²) in [6, 6.07) is 0. The summed E-state index contributed by atoms with van der Waals surface area (Å²) in [6.07, 6.45) is 12.1. The van der Waals surface area contributed by atoms with E-state index in [2.05, 4.69) is 67.5 Å². The Kier molecular flexibility index (Phi) is 26.3. The highest BCUT2D eigenvalue weighted by Crippen LogP contribution is 2.03. The number of hydrogen-bond donors (Lipinski definition) is 0. The second-order valence-corrected chi connectivity index (χ2v) is 9.27. The highest BCUT2D eigenvalue weighted by atomic mass is 16.5.